The van der Waals surface area contributed by atoms with Gasteiger partial charge in [0.15, 0.2) is 0 Å². The van der Waals surface area contributed by atoms with Crippen LogP contribution in [0.2, 0.25) is 0 Å². The first-order valence-corrected chi connectivity index (χ1v) is 6.96. The van der Waals surface area contributed by atoms with E-state index in [9.17, 15) is 0 Å². The summed E-state index contributed by atoms with van der Waals surface area (Å²) in [5.74, 6) is 0.805. The Morgan fingerprint density at radius 1 is 1.10 bits per heavy atom. The molecule has 0 amide bonds. The summed E-state index contributed by atoms with van der Waals surface area (Å²) < 4.78 is 5.65. The molecule has 0 spiro atoms. The van der Waals surface area contributed by atoms with Crippen molar-refractivity contribution in [1.29, 1.82) is 0 Å². The Bertz CT molecular complexity index is 594. The molecular weight excluding hydrogens is 248 g/mol. The lowest BCUT2D eigenvalue weighted by atomic mass is 10.1. The fraction of sp³-hybridized carbons (Fsp3) is 0.294. The Hall–Kier alpha value is -2.16. The van der Waals surface area contributed by atoms with Crippen molar-refractivity contribution >= 4 is 17.1 Å². The molecule has 0 heterocycles. The molecule has 3 N–H and O–H groups in total. The highest BCUT2D eigenvalue weighted by Gasteiger charge is 2.03. The van der Waals surface area contributed by atoms with Gasteiger partial charge in [-0.2, -0.15) is 0 Å². The second kappa shape index (κ2) is 6.33. The predicted octanol–water partition coefficient (Wildman–Crippen LogP) is 4.42. The Balaban J connectivity index is 2.24. The number of nitrogens with one attached hydrogen (secondary N) is 1. The van der Waals surface area contributed by atoms with E-state index >= 15 is 0 Å². The van der Waals surface area contributed by atoms with Crippen molar-refractivity contribution in [1.82, 2.24) is 0 Å². The van der Waals surface area contributed by atoms with Gasteiger partial charge in [-0.25, -0.2) is 0 Å². The minimum atomic E-state index is 0.700. The largest absolute Gasteiger partial charge is 0.493 e. The molecule has 20 heavy (non-hydrogen) atoms. The van der Waals surface area contributed by atoms with Gasteiger partial charge < -0.3 is 15.8 Å². The van der Waals surface area contributed by atoms with Crippen molar-refractivity contribution in [2.24, 2.45) is 0 Å². The van der Waals surface area contributed by atoms with Gasteiger partial charge in [0.1, 0.15) is 5.75 Å². The quantitative estimate of drug-likeness (QED) is 0.791. The molecule has 106 valence electrons. The molecule has 0 saturated heterocycles. The third-order valence-electron chi connectivity index (χ3n) is 3.07. The summed E-state index contributed by atoms with van der Waals surface area (Å²) in [4.78, 5) is 0. The summed E-state index contributed by atoms with van der Waals surface area (Å²) in [6.07, 6.45) is 0.981. The topological polar surface area (TPSA) is 47.3 Å². The monoisotopic (exact) mass is 270 g/mol. The van der Waals surface area contributed by atoms with Gasteiger partial charge in [0.2, 0.25) is 0 Å². The molecule has 3 heteroatoms. The number of rotatable bonds is 5. The minimum absolute atomic E-state index is 0.700. The van der Waals surface area contributed by atoms with Crippen molar-refractivity contribution in [2.75, 3.05) is 17.7 Å². The van der Waals surface area contributed by atoms with Crippen LogP contribution in [0.25, 0.3) is 0 Å². The van der Waals surface area contributed by atoms with E-state index in [2.05, 4.69) is 44.3 Å². The predicted molar refractivity (Wildman–Crippen MR) is 85.8 cm³/mol. The van der Waals surface area contributed by atoms with Crippen LogP contribution in [0.5, 0.6) is 5.75 Å². The van der Waals surface area contributed by atoms with E-state index in [-0.39, 0.29) is 0 Å². The molecular formula is C17H22N2O. The maximum atomic E-state index is 5.93. The van der Waals surface area contributed by atoms with E-state index in [1.165, 1.54) is 11.1 Å². The molecule has 0 fully saturated rings. The van der Waals surface area contributed by atoms with Crippen LogP contribution in [-0.2, 0) is 0 Å². The number of hydrogen-bond donors (Lipinski definition) is 2. The average molecular weight is 270 g/mol. The second-order valence-corrected chi connectivity index (χ2v) is 5.08. The normalized spacial score (nSPS) is 10.3. The van der Waals surface area contributed by atoms with Crippen molar-refractivity contribution in [3.05, 3.63) is 47.5 Å². The third-order valence-corrected chi connectivity index (χ3v) is 3.07. The van der Waals surface area contributed by atoms with Gasteiger partial charge in [-0.1, -0.05) is 19.1 Å². The van der Waals surface area contributed by atoms with Crippen LogP contribution < -0.4 is 15.8 Å². The summed E-state index contributed by atoms with van der Waals surface area (Å²) in [5, 5.41) is 3.41. The van der Waals surface area contributed by atoms with Gasteiger partial charge in [-0.3, -0.25) is 0 Å². The molecule has 2 rings (SSSR count). The highest BCUT2D eigenvalue weighted by molar-refractivity contribution is 5.68. The van der Waals surface area contributed by atoms with Gasteiger partial charge in [-0.15, -0.1) is 0 Å². The standard InChI is InChI=1S/C17H22N2O/c1-4-7-20-16-10-14(18)9-15(11-16)19-17-8-12(2)5-6-13(17)3/h5-6,8-11,19H,4,7,18H2,1-3H3. The molecule has 3 nitrogen and oxygen atoms in total. The Morgan fingerprint density at radius 2 is 1.90 bits per heavy atom. The van der Waals surface area contributed by atoms with Gasteiger partial charge in [-0.05, 0) is 43.5 Å². The van der Waals surface area contributed by atoms with E-state index in [0.717, 1.165) is 23.5 Å². The summed E-state index contributed by atoms with van der Waals surface area (Å²) in [7, 11) is 0. The van der Waals surface area contributed by atoms with Crippen LogP contribution >= 0.6 is 0 Å². The van der Waals surface area contributed by atoms with E-state index in [4.69, 9.17) is 10.5 Å². The summed E-state index contributed by atoms with van der Waals surface area (Å²) in [6, 6.07) is 12.1. The van der Waals surface area contributed by atoms with Gasteiger partial charge in [0.05, 0.1) is 6.61 Å². The minimum Gasteiger partial charge on any atom is -0.493 e. The van der Waals surface area contributed by atoms with Crippen molar-refractivity contribution in [3.63, 3.8) is 0 Å². The fourth-order valence-electron chi connectivity index (χ4n) is 2.02. The highest BCUT2D eigenvalue weighted by atomic mass is 16.5. The number of ether oxygens (including phenoxy) is 1. The first-order valence-electron chi connectivity index (χ1n) is 6.96. The van der Waals surface area contributed by atoms with Crippen LogP contribution in [0.4, 0.5) is 17.1 Å². The number of hydrogen-bond acceptors (Lipinski definition) is 3. The smallest absolute Gasteiger partial charge is 0.123 e. The fourth-order valence-corrected chi connectivity index (χ4v) is 2.02. The zero-order valence-electron chi connectivity index (χ0n) is 12.4. The maximum absolute atomic E-state index is 5.93. The molecule has 0 unspecified atom stereocenters. The molecule has 0 radical (unpaired) electrons. The third kappa shape index (κ3) is 3.67. The van der Waals surface area contributed by atoms with Crippen LogP contribution in [-0.4, -0.2) is 6.61 Å². The van der Waals surface area contributed by atoms with Gasteiger partial charge in [0.25, 0.3) is 0 Å². The van der Waals surface area contributed by atoms with E-state index < -0.39 is 0 Å². The molecule has 2 aromatic carbocycles. The SMILES string of the molecule is CCCOc1cc(N)cc(Nc2cc(C)ccc2C)c1. The Morgan fingerprint density at radius 3 is 2.65 bits per heavy atom. The molecule has 0 aliphatic carbocycles. The lowest BCUT2D eigenvalue weighted by molar-refractivity contribution is 0.318. The number of aryl methyl sites for hydroxylation is 2. The van der Waals surface area contributed by atoms with Crippen LogP contribution in [0.3, 0.4) is 0 Å². The maximum Gasteiger partial charge on any atom is 0.123 e. The molecule has 0 aliphatic heterocycles. The van der Waals surface area contributed by atoms with Crippen molar-refractivity contribution in [3.8, 4) is 5.75 Å². The van der Waals surface area contributed by atoms with E-state index in [0.29, 0.717) is 12.3 Å². The van der Waals surface area contributed by atoms with Crippen LogP contribution in [0, 0.1) is 13.8 Å². The molecule has 2 aromatic rings. The zero-order chi connectivity index (χ0) is 14.5. The molecule has 0 bridgehead atoms. The van der Waals surface area contributed by atoms with Crippen LogP contribution in [0.15, 0.2) is 36.4 Å². The number of benzene rings is 2. The molecule has 0 aliphatic rings. The molecule has 0 atom stereocenters. The second-order valence-electron chi connectivity index (χ2n) is 5.08. The van der Waals surface area contributed by atoms with Crippen molar-refractivity contribution in [2.45, 2.75) is 27.2 Å². The first-order chi connectivity index (χ1) is 9.58. The number of nitrogens with two attached hydrogens (primary N) is 1. The summed E-state index contributed by atoms with van der Waals surface area (Å²) >= 11 is 0. The lowest BCUT2D eigenvalue weighted by Crippen LogP contribution is -1.99. The summed E-state index contributed by atoms with van der Waals surface area (Å²) in [6.45, 7) is 6.95. The first kappa shape index (κ1) is 14.3. The van der Waals surface area contributed by atoms with Gasteiger partial charge >= 0.3 is 0 Å². The number of anilines is 3. The van der Waals surface area contributed by atoms with Crippen molar-refractivity contribution < 1.29 is 4.74 Å². The van der Waals surface area contributed by atoms with Crippen LogP contribution in [0.1, 0.15) is 24.5 Å². The van der Waals surface area contributed by atoms with Gasteiger partial charge in [0, 0.05) is 29.2 Å². The Labute approximate surface area is 120 Å². The number of nitrogen functional groups attached to an aromatic ring is 1. The van der Waals surface area contributed by atoms with E-state index in [1.807, 2.05) is 18.2 Å². The summed E-state index contributed by atoms with van der Waals surface area (Å²) in [5.41, 5.74) is 11.1. The zero-order valence-corrected chi connectivity index (χ0v) is 12.4. The van der Waals surface area contributed by atoms with E-state index in [1.54, 1.807) is 0 Å². The molecule has 0 aromatic heterocycles. The highest BCUT2D eigenvalue weighted by Crippen LogP contribution is 2.27. The Kier molecular flexibility index (Phi) is 4.51. The molecule has 0 saturated carbocycles. The lowest BCUT2D eigenvalue weighted by Gasteiger charge is -2.13. The average Bonchev–Trinajstić information content (AvgIpc) is 2.40.